The molecule has 2 rings (SSSR count). The number of rotatable bonds is 6. The molecule has 1 amide bonds. The van der Waals surface area contributed by atoms with Crippen LogP contribution >= 0.6 is 23.6 Å². The van der Waals surface area contributed by atoms with Crippen molar-refractivity contribution in [2.24, 2.45) is 5.73 Å². The van der Waals surface area contributed by atoms with Crippen LogP contribution in [0.3, 0.4) is 0 Å². The third-order valence-corrected chi connectivity index (χ3v) is 3.66. The highest BCUT2D eigenvalue weighted by Crippen LogP contribution is 2.05. The molecule has 0 radical (unpaired) electrons. The molecule has 1 aromatic carbocycles. The second-order valence-corrected chi connectivity index (χ2v) is 5.48. The summed E-state index contributed by atoms with van der Waals surface area (Å²) >= 11 is 6.44. The fourth-order valence-electron chi connectivity index (χ4n) is 1.73. The first-order chi connectivity index (χ1) is 9.65. The van der Waals surface area contributed by atoms with Crippen LogP contribution in [-0.4, -0.2) is 22.4 Å². The lowest BCUT2D eigenvalue weighted by Gasteiger charge is -2.05. The van der Waals surface area contributed by atoms with Gasteiger partial charge < -0.3 is 11.1 Å². The van der Waals surface area contributed by atoms with Crippen molar-refractivity contribution in [3.63, 3.8) is 0 Å². The van der Waals surface area contributed by atoms with Gasteiger partial charge in [-0.15, -0.1) is 11.3 Å². The van der Waals surface area contributed by atoms with Crippen LogP contribution in [0.1, 0.15) is 16.8 Å². The van der Waals surface area contributed by atoms with Gasteiger partial charge in [0.1, 0.15) is 4.99 Å². The zero-order chi connectivity index (χ0) is 14.4. The van der Waals surface area contributed by atoms with Crippen LogP contribution < -0.4 is 11.1 Å². The summed E-state index contributed by atoms with van der Waals surface area (Å²) in [5, 5.41) is 4.87. The van der Waals surface area contributed by atoms with E-state index in [4.69, 9.17) is 18.0 Å². The number of aromatic nitrogens is 1. The van der Waals surface area contributed by atoms with Crippen LogP contribution in [0.4, 0.5) is 0 Å². The predicted octanol–water partition coefficient (Wildman–Crippen LogP) is 1.68. The molecule has 0 saturated carbocycles. The summed E-state index contributed by atoms with van der Waals surface area (Å²) in [4.78, 5) is 16.3. The SMILES string of the molecule is NC(=S)c1ccc(CC(=O)NCCc2cscn2)cc1. The van der Waals surface area contributed by atoms with Crippen molar-refractivity contribution in [3.05, 3.63) is 52.0 Å². The lowest BCUT2D eigenvalue weighted by atomic mass is 10.1. The van der Waals surface area contributed by atoms with E-state index >= 15 is 0 Å². The standard InChI is InChI=1S/C14H15N3OS2/c15-14(19)11-3-1-10(2-4-11)7-13(18)16-6-5-12-8-20-9-17-12/h1-4,8-9H,5-7H2,(H2,15,19)(H,16,18). The number of nitrogens with zero attached hydrogens (tertiary/aromatic N) is 1. The van der Waals surface area contributed by atoms with Gasteiger partial charge in [0.25, 0.3) is 0 Å². The molecule has 0 spiro atoms. The van der Waals surface area contributed by atoms with Crippen LogP contribution in [0.15, 0.2) is 35.2 Å². The van der Waals surface area contributed by atoms with Crippen molar-refractivity contribution < 1.29 is 4.79 Å². The number of amides is 1. The molecular formula is C14H15N3OS2. The maximum Gasteiger partial charge on any atom is 0.224 e. The van der Waals surface area contributed by atoms with Gasteiger partial charge in [0.15, 0.2) is 0 Å². The highest BCUT2D eigenvalue weighted by molar-refractivity contribution is 7.80. The molecule has 4 nitrogen and oxygen atoms in total. The lowest BCUT2D eigenvalue weighted by molar-refractivity contribution is -0.120. The highest BCUT2D eigenvalue weighted by atomic mass is 32.1. The summed E-state index contributed by atoms with van der Waals surface area (Å²) in [5.41, 5.74) is 10.1. The molecule has 3 N–H and O–H groups in total. The van der Waals surface area contributed by atoms with E-state index in [9.17, 15) is 4.79 Å². The number of nitrogens with two attached hydrogens (primary N) is 1. The molecule has 0 atom stereocenters. The number of nitrogens with one attached hydrogen (secondary N) is 1. The number of hydrogen-bond donors (Lipinski definition) is 2. The first-order valence-corrected chi connectivity index (χ1v) is 7.53. The molecule has 104 valence electrons. The molecule has 1 heterocycles. The molecule has 0 bridgehead atoms. The van der Waals surface area contributed by atoms with Crippen LogP contribution in [0.2, 0.25) is 0 Å². The molecule has 20 heavy (non-hydrogen) atoms. The van der Waals surface area contributed by atoms with Gasteiger partial charge >= 0.3 is 0 Å². The number of carbonyl (C=O) groups excluding carboxylic acids is 1. The van der Waals surface area contributed by atoms with Gasteiger partial charge in [0.05, 0.1) is 17.6 Å². The number of benzene rings is 1. The zero-order valence-electron chi connectivity index (χ0n) is 10.8. The van der Waals surface area contributed by atoms with Crippen LogP contribution in [0.25, 0.3) is 0 Å². The molecule has 0 fully saturated rings. The van der Waals surface area contributed by atoms with Gasteiger partial charge in [-0.2, -0.15) is 0 Å². The number of hydrogen-bond acceptors (Lipinski definition) is 4. The first-order valence-electron chi connectivity index (χ1n) is 6.17. The number of carbonyl (C=O) groups is 1. The third kappa shape index (κ3) is 4.40. The summed E-state index contributed by atoms with van der Waals surface area (Å²) in [6, 6.07) is 7.41. The van der Waals surface area contributed by atoms with Gasteiger partial charge in [-0.3, -0.25) is 4.79 Å². The summed E-state index contributed by atoms with van der Waals surface area (Å²) in [5.74, 6) is 0.00306. The summed E-state index contributed by atoms with van der Waals surface area (Å²) in [7, 11) is 0. The van der Waals surface area contributed by atoms with Crippen molar-refractivity contribution in [1.82, 2.24) is 10.3 Å². The molecule has 6 heteroatoms. The van der Waals surface area contributed by atoms with Crippen LogP contribution in [0.5, 0.6) is 0 Å². The maximum absolute atomic E-state index is 11.8. The van der Waals surface area contributed by atoms with Crippen molar-refractivity contribution in [3.8, 4) is 0 Å². The van der Waals surface area contributed by atoms with E-state index in [0.29, 0.717) is 18.0 Å². The van der Waals surface area contributed by atoms with Crippen molar-refractivity contribution in [1.29, 1.82) is 0 Å². The zero-order valence-corrected chi connectivity index (χ0v) is 12.5. The second kappa shape index (κ2) is 7.12. The monoisotopic (exact) mass is 305 g/mol. The minimum absolute atomic E-state index is 0.00306. The minimum Gasteiger partial charge on any atom is -0.389 e. The van der Waals surface area contributed by atoms with Crippen LogP contribution in [0, 0.1) is 0 Å². The molecule has 0 aliphatic heterocycles. The van der Waals surface area contributed by atoms with E-state index in [2.05, 4.69) is 10.3 Å². The van der Waals surface area contributed by atoms with E-state index in [1.807, 2.05) is 29.6 Å². The Morgan fingerprint density at radius 3 is 2.70 bits per heavy atom. The molecule has 2 aromatic rings. The normalized spacial score (nSPS) is 10.2. The quantitative estimate of drug-likeness (QED) is 0.797. The minimum atomic E-state index is 0.00306. The average Bonchev–Trinajstić information content (AvgIpc) is 2.92. The fraction of sp³-hybridized carbons (Fsp3) is 0.214. The Hall–Kier alpha value is -1.79. The van der Waals surface area contributed by atoms with Gasteiger partial charge in [0.2, 0.25) is 5.91 Å². The summed E-state index contributed by atoms with van der Waals surface area (Å²) in [6.07, 6.45) is 1.12. The first kappa shape index (κ1) is 14.6. The second-order valence-electron chi connectivity index (χ2n) is 4.32. The number of thiocarbonyl (C=S) groups is 1. The molecule has 0 unspecified atom stereocenters. The Morgan fingerprint density at radius 2 is 2.10 bits per heavy atom. The Bertz CT molecular complexity index is 579. The maximum atomic E-state index is 11.8. The van der Waals surface area contributed by atoms with Gasteiger partial charge in [-0.25, -0.2) is 4.98 Å². The topological polar surface area (TPSA) is 68.0 Å². The Morgan fingerprint density at radius 1 is 1.35 bits per heavy atom. The van der Waals surface area contributed by atoms with Crippen LogP contribution in [-0.2, 0) is 17.6 Å². The van der Waals surface area contributed by atoms with E-state index in [1.165, 1.54) is 0 Å². The Balaban J connectivity index is 1.77. The van der Waals surface area contributed by atoms with Crippen molar-refractivity contribution >= 4 is 34.5 Å². The van der Waals surface area contributed by atoms with Crippen molar-refractivity contribution in [2.45, 2.75) is 12.8 Å². The molecule has 0 aliphatic rings. The molecule has 0 saturated heterocycles. The van der Waals surface area contributed by atoms with E-state index in [1.54, 1.807) is 16.8 Å². The van der Waals surface area contributed by atoms with E-state index in [0.717, 1.165) is 23.2 Å². The Labute approximate surface area is 127 Å². The average molecular weight is 305 g/mol. The van der Waals surface area contributed by atoms with E-state index < -0.39 is 0 Å². The lowest BCUT2D eigenvalue weighted by Crippen LogP contribution is -2.27. The van der Waals surface area contributed by atoms with Gasteiger partial charge in [-0.05, 0) is 5.56 Å². The van der Waals surface area contributed by atoms with E-state index in [-0.39, 0.29) is 5.91 Å². The number of thiazole rings is 1. The Kier molecular flexibility index (Phi) is 5.20. The largest absolute Gasteiger partial charge is 0.389 e. The van der Waals surface area contributed by atoms with Crippen molar-refractivity contribution in [2.75, 3.05) is 6.54 Å². The highest BCUT2D eigenvalue weighted by Gasteiger charge is 2.04. The smallest absolute Gasteiger partial charge is 0.224 e. The predicted molar refractivity (Wildman–Crippen MR) is 84.9 cm³/mol. The molecule has 1 aromatic heterocycles. The van der Waals surface area contributed by atoms with Gasteiger partial charge in [0, 0.05) is 23.9 Å². The molecule has 0 aliphatic carbocycles. The summed E-state index contributed by atoms with van der Waals surface area (Å²) < 4.78 is 0. The van der Waals surface area contributed by atoms with Gasteiger partial charge in [-0.1, -0.05) is 36.5 Å². The molecular weight excluding hydrogens is 290 g/mol. The third-order valence-electron chi connectivity index (χ3n) is 2.79. The summed E-state index contributed by atoms with van der Waals surface area (Å²) in [6.45, 7) is 0.605. The fourth-order valence-corrected chi connectivity index (χ4v) is 2.45.